The molecule has 6 heteroatoms. The summed E-state index contributed by atoms with van der Waals surface area (Å²) in [6.45, 7) is 29.8. The summed E-state index contributed by atoms with van der Waals surface area (Å²) >= 11 is 0. The Morgan fingerprint density at radius 2 is 1.01 bits per heavy atom. The van der Waals surface area contributed by atoms with Crippen LogP contribution in [0.2, 0.25) is 0 Å². The van der Waals surface area contributed by atoms with E-state index in [2.05, 4.69) is 286 Å². The van der Waals surface area contributed by atoms with Crippen molar-refractivity contribution in [1.82, 2.24) is 9.55 Å². The molecule has 0 saturated heterocycles. The number of para-hydroxylation sites is 1. The Kier molecular flexibility index (Phi) is 13.5. The van der Waals surface area contributed by atoms with Crippen molar-refractivity contribution in [3.05, 3.63) is 246 Å². The number of ether oxygens (including phenoxy) is 1. The molecule has 0 saturated carbocycles. The Balaban J connectivity index is 0.00000656. The first-order chi connectivity index (χ1) is 34.2. The number of aromatic nitrogens is 2. The second-order valence-corrected chi connectivity index (χ2v) is 23.2. The SMILES string of the molecule is CC(C)(C)C1=CN(c2[c-]c(Oc3[c-]c4c(cc3)c3ccccc3n4-c3cc(C(C)(C)c4ccccc4)ccn3)cc(C(C)(C)C)c2)[CH-]N1c1cc(C(C)(C)c2ccccc2)cc(C(C)(C)c2ccccc2)c1.[Pt]. The third kappa shape index (κ3) is 9.82. The van der Waals surface area contributed by atoms with Gasteiger partial charge >= 0.3 is 0 Å². The van der Waals surface area contributed by atoms with Gasteiger partial charge < -0.3 is 19.1 Å². The van der Waals surface area contributed by atoms with Crippen molar-refractivity contribution < 1.29 is 25.8 Å². The fourth-order valence-corrected chi connectivity index (χ4v) is 10.2. The van der Waals surface area contributed by atoms with Gasteiger partial charge in [0, 0.05) is 77.3 Å². The molecule has 374 valence electrons. The molecule has 0 radical (unpaired) electrons. The van der Waals surface area contributed by atoms with Gasteiger partial charge in [-0.3, -0.25) is 0 Å². The summed E-state index contributed by atoms with van der Waals surface area (Å²) in [5, 5.41) is 2.22. The Bertz CT molecular complexity index is 3400. The summed E-state index contributed by atoms with van der Waals surface area (Å²) < 4.78 is 9.14. The molecule has 5 nitrogen and oxygen atoms in total. The maximum Gasteiger partial charge on any atom is 0.135 e. The molecule has 10 rings (SSSR count). The second-order valence-electron chi connectivity index (χ2n) is 23.2. The van der Waals surface area contributed by atoms with E-state index in [0.29, 0.717) is 11.5 Å². The van der Waals surface area contributed by atoms with Crippen LogP contribution in [0.25, 0.3) is 27.6 Å². The molecule has 9 aromatic rings. The van der Waals surface area contributed by atoms with Crippen molar-refractivity contribution in [2.75, 3.05) is 9.80 Å². The minimum atomic E-state index is -0.265. The van der Waals surface area contributed by atoms with Crippen molar-refractivity contribution in [2.24, 2.45) is 5.41 Å². The maximum absolute atomic E-state index is 6.92. The Morgan fingerprint density at radius 1 is 0.466 bits per heavy atom. The number of benzene rings is 7. The number of allylic oxidation sites excluding steroid dienone is 1. The molecule has 0 N–H and O–H groups in total. The van der Waals surface area contributed by atoms with Gasteiger partial charge in [-0.05, 0) is 80.7 Å². The van der Waals surface area contributed by atoms with Gasteiger partial charge in [-0.25, -0.2) is 4.98 Å². The van der Waals surface area contributed by atoms with E-state index in [-0.39, 0.29) is 48.1 Å². The fraction of sp³-hybridized carbons (Fsp3) is 0.254. The normalized spacial score (nSPS) is 13.6. The van der Waals surface area contributed by atoms with E-state index < -0.39 is 0 Å². The minimum Gasteiger partial charge on any atom is -0.509 e. The molecule has 0 amide bonds. The molecule has 1 aliphatic heterocycles. The van der Waals surface area contributed by atoms with Gasteiger partial charge in [0.25, 0.3) is 0 Å². The maximum atomic E-state index is 6.92. The molecule has 3 heterocycles. The zero-order chi connectivity index (χ0) is 50.8. The van der Waals surface area contributed by atoms with E-state index in [4.69, 9.17) is 9.72 Å². The number of rotatable bonds is 11. The van der Waals surface area contributed by atoms with Crippen LogP contribution in [-0.2, 0) is 42.7 Å². The van der Waals surface area contributed by atoms with Gasteiger partial charge in [-0.1, -0.05) is 204 Å². The predicted molar refractivity (Wildman–Crippen MR) is 300 cm³/mol. The molecule has 0 bridgehead atoms. The molecule has 2 aromatic heterocycles. The molecule has 1 aliphatic rings. The van der Waals surface area contributed by atoms with Crippen LogP contribution in [0.5, 0.6) is 11.5 Å². The van der Waals surface area contributed by atoms with Gasteiger partial charge in [-0.15, -0.1) is 53.6 Å². The van der Waals surface area contributed by atoms with Crippen LogP contribution in [0.3, 0.4) is 0 Å². The molecule has 0 atom stereocenters. The van der Waals surface area contributed by atoms with Crippen molar-refractivity contribution in [1.29, 1.82) is 0 Å². The standard InChI is InChI=1S/C67H67N4O.Pt/c1-63(2,3)50-37-53(69-44-61(64(4,5)6)70(45-69)54-38-51(66(9,10)47-26-18-14-19-27-47)36-52(39-54)67(11,12)48-28-20-15-21-29-48)42-56(40-50)72-55-32-33-58-57-30-22-23-31-59(57)71(60(58)43-55)62-41-49(34-35-68-62)65(7,8)46-24-16-13-17-25-46;/h13-41,44-45H,1-12H3;/q-3;. The number of anilines is 2. The summed E-state index contributed by atoms with van der Waals surface area (Å²) in [5.74, 6) is 2.06. The van der Waals surface area contributed by atoms with Gasteiger partial charge in [0.05, 0.1) is 0 Å². The zero-order valence-corrected chi connectivity index (χ0v) is 46.7. The molecule has 0 unspecified atom stereocenters. The largest absolute Gasteiger partial charge is 0.509 e. The molecule has 7 aromatic carbocycles. The van der Waals surface area contributed by atoms with Gasteiger partial charge in [-0.2, -0.15) is 6.07 Å². The zero-order valence-electron chi connectivity index (χ0n) is 44.4. The van der Waals surface area contributed by atoms with Crippen molar-refractivity contribution in [3.8, 4) is 17.3 Å². The van der Waals surface area contributed by atoms with E-state index in [9.17, 15) is 0 Å². The van der Waals surface area contributed by atoms with Crippen LogP contribution in [0.4, 0.5) is 11.4 Å². The topological polar surface area (TPSA) is 33.5 Å². The molecule has 0 spiro atoms. The van der Waals surface area contributed by atoms with Crippen LogP contribution in [-0.4, -0.2) is 9.55 Å². The number of fused-ring (bicyclic) bond motifs is 3. The third-order valence-electron chi connectivity index (χ3n) is 15.1. The monoisotopic (exact) mass is 1140 g/mol. The van der Waals surface area contributed by atoms with Crippen LogP contribution in [0, 0.1) is 24.2 Å². The summed E-state index contributed by atoms with van der Waals surface area (Å²) in [5.41, 5.74) is 12.6. The van der Waals surface area contributed by atoms with E-state index in [1.165, 1.54) is 39.1 Å². The average molecular weight is 1140 g/mol. The molecular formula is C67H67N4OPt-3. The van der Waals surface area contributed by atoms with Crippen LogP contribution >= 0.6 is 0 Å². The van der Waals surface area contributed by atoms with E-state index >= 15 is 0 Å². The number of hydrogen-bond acceptors (Lipinski definition) is 4. The average Bonchev–Trinajstić information content (AvgIpc) is 3.98. The third-order valence-corrected chi connectivity index (χ3v) is 15.1. The summed E-state index contributed by atoms with van der Waals surface area (Å²) in [6, 6.07) is 68.5. The van der Waals surface area contributed by atoms with Gasteiger partial charge in [0.1, 0.15) is 5.82 Å². The first-order valence-corrected chi connectivity index (χ1v) is 25.4. The Hall–Kier alpha value is -6.68. The quantitative estimate of drug-likeness (QED) is 0.121. The van der Waals surface area contributed by atoms with Crippen molar-refractivity contribution in [3.63, 3.8) is 0 Å². The first-order valence-electron chi connectivity index (χ1n) is 25.4. The molecule has 73 heavy (non-hydrogen) atoms. The number of nitrogens with zero attached hydrogens (tertiary/aromatic N) is 4. The summed E-state index contributed by atoms with van der Waals surface area (Å²) in [4.78, 5) is 9.60. The van der Waals surface area contributed by atoms with Crippen molar-refractivity contribution >= 4 is 33.2 Å². The minimum absolute atomic E-state index is 0. The summed E-state index contributed by atoms with van der Waals surface area (Å²) in [7, 11) is 0. The Morgan fingerprint density at radius 3 is 1.58 bits per heavy atom. The van der Waals surface area contributed by atoms with Gasteiger partial charge in [0.2, 0.25) is 0 Å². The number of pyridine rings is 1. The fourth-order valence-electron chi connectivity index (χ4n) is 10.2. The van der Waals surface area contributed by atoms with Crippen molar-refractivity contribution in [2.45, 2.75) is 105 Å². The Labute approximate surface area is 448 Å². The van der Waals surface area contributed by atoms with Crippen LogP contribution in [0.15, 0.2) is 188 Å². The van der Waals surface area contributed by atoms with E-state index in [1.54, 1.807) is 0 Å². The molecule has 0 aliphatic carbocycles. The van der Waals surface area contributed by atoms with Gasteiger partial charge in [0.15, 0.2) is 0 Å². The van der Waals surface area contributed by atoms with Crippen LogP contribution in [0.1, 0.15) is 122 Å². The second kappa shape index (κ2) is 19.3. The summed E-state index contributed by atoms with van der Waals surface area (Å²) in [6.07, 6.45) is 4.20. The first kappa shape index (κ1) is 51.2. The molecular weight excluding hydrogens is 1070 g/mol. The molecule has 0 fully saturated rings. The van der Waals surface area contributed by atoms with Crippen LogP contribution < -0.4 is 14.5 Å². The smallest absolute Gasteiger partial charge is 0.135 e. The predicted octanol–water partition coefficient (Wildman–Crippen LogP) is 17.2. The number of hydrogen-bond donors (Lipinski definition) is 0. The van der Waals surface area contributed by atoms with E-state index in [0.717, 1.165) is 44.6 Å². The van der Waals surface area contributed by atoms with E-state index in [1.807, 2.05) is 12.3 Å².